The van der Waals surface area contributed by atoms with Crippen molar-refractivity contribution in [2.24, 2.45) is 5.92 Å². The van der Waals surface area contributed by atoms with Crippen molar-refractivity contribution < 1.29 is 19.2 Å². The average Bonchev–Trinajstić information content (AvgIpc) is 3.45. The van der Waals surface area contributed by atoms with Gasteiger partial charge in [-0.2, -0.15) is 0 Å². The summed E-state index contributed by atoms with van der Waals surface area (Å²) in [5.74, 6) is 1.21. The molecule has 0 aromatic heterocycles. The summed E-state index contributed by atoms with van der Waals surface area (Å²) in [7, 11) is 0. The smallest absolute Gasteiger partial charge is 0.253 e. The maximum absolute atomic E-state index is 13.2. The van der Waals surface area contributed by atoms with E-state index in [1.165, 1.54) is 39.8 Å². The Bertz CT molecular complexity index is 2860. The molecule has 1 unspecified atom stereocenters. The fourth-order valence-corrected chi connectivity index (χ4v) is 11.8. The molecule has 4 saturated heterocycles. The molecule has 6 aromatic rings. The van der Waals surface area contributed by atoms with Gasteiger partial charge in [0.05, 0.1) is 0 Å². The molecular formula is C63H70BrN7O4. The van der Waals surface area contributed by atoms with Crippen LogP contribution in [0.15, 0.2) is 158 Å². The van der Waals surface area contributed by atoms with E-state index in [2.05, 4.69) is 97.8 Å². The van der Waals surface area contributed by atoms with E-state index >= 15 is 0 Å². The molecule has 75 heavy (non-hydrogen) atoms. The minimum atomic E-state index is 0.114. The topological polar surface area (TPSA) is 99.8 Å². The maximum Gasteiger partial charge on any atom is 0.253 e. The predicted octanol–water partition coefficient (Wildman–Crippen LogP) is 8.51. The van der Waals surface area contributed by atoms with E-state index in [1.54, 1.807) is 0 Å². The third-order valence-electron chi connectivity index (χ3n) is 16.1. The molecule has 0 radical (unpaired) electrons. The van der Waals surface area contributed by atoms with Crippen molar-refractivity contribution in [1.82, 2.24) is 34.7 Å². The normalized spacial score (nSPS) is 18.9. The van der Waals surface area contributed by atoms with E-state index in [4.69, 9.17) is 0 Å². The number of carbonyl (C=O) groups is 4. The summed E-state index contributed by atoms with van der Waals surface area (Å²) in [4.78, 5) is 64.1. The third-order valence-corrected chi connectivity index (χ3v) is 16.7. The Morgan fingerprint density at radius 2 is 0.867 bits per heavy atom. The van der Waals surface area contributed by atoms with Crippen LogP contribution < -0.4 is 5.32 Å². The second kappa shape index (κ2) is 24.9. The average molecular weight is 1070 g/mol. The van der Waals surface area contributed by atoms with E-state index in [0.717, 1.165) is 145 Å². The van der Waals surface area contributed by atoms with Crippen molar-refractivity contribution in [3.63, 3.8) is 0 Å². The molecular weight excluding hydrogens is 999 g/mol. The molecule has 1 N–H and O–H groups in total. The molecule has 12 heteroatoms. The lowest BCUT2D eigenvalue weighted by molar-refractivity contribution is 0.00806. The number of alkyl halides is 1. The molecule has 0 spiro atoms. The van der Waals surface area contributed by atoms with E-state index < -0.39 is 0 Å². The van der Waals surface area contributed by atoms with Gasteiger partial charge in [0.25, 0.3) is 23.6 Å². The van der Waals surface area contributed by atoms with Crippen LogP contribution in [0.5, 0.6) is 0 Å². The fourth-order valence-electron chi connectivity index (χ4n) is 11.4. The number of nitrogens with one attached hydrogen (secondary N) is 1. The molecule has 4 fully saturated rings. The molecule has 6 aliphatic rings. The summed E-state index contributed by atoms with van der Waals surface area (Å²) in [6.45, 7) is 11.5. The summed E-state index contributed by atoms with van der Waals surface area (Å²) in [6.07, 6.45) is 5.46. The van der Waals surface area contributed by atoms with Gasteiger partial charge in [-0.3, -0.25) is 29.0 Å². The Hall–Kier alpha value is -6.44. The van der Waals surface area contributed by atoms with Gasteiger partial charge >= 0.3 is 0 Å². The lowest BCUT2D eigenvalue weighted by Gasteiger charge is -2.48. The summed E-state index contributed by atoms with van der Waals surface area (Å²) in [5, 5.41) is 4.32. The highest BCUT2D eigenvalue weighted by Gasteiger charge is 2.39. The standard InChI is InChI=1S/C32H35N3O2.C24H28N4O2.C7H7Br/c36-31(26-9-5-2-6-10-26)34-17-15-33(16-18-34)30-22-35(23-30)32(37)29-14-13-27-20-25(11-12-28(27)21-29)19-24-7-3-1-4-8-24;29-23(18-4-2-1-3-5-18)27-12-10-26(11-13-27)22-16-28(17-22)24(30)20-6-7-21-15-25-9-8-19(21)14-20;8-6-7-4-2-1-3-5-7/h1-10,13-14,21,25,30H,11-12,15-20,22-23H2;1-7,14,22,25H,8-13,15-17H2;1-5H,6H2. The molecule has 5 aliphatic heterocycles. The molecule has 388 valence electrons. The molecule has 11 nitrogen and oxygen atoms in total. The number of likely N-dealkylation sites (tertiary alicyclic amines) is 2. The van der Waals surface area contributed by atoms with Crippen molar-refractivity contribution >= 4 is 39.6 Å². The highest BCUT2D eigenvalue weighted by atomic mass is 79.9. The Labute approximate surface area is 451 Å². The Morgan fingerprint density at radius 1 is 0.440 bits per heavy atom. The molecule has 0 bridgehead atoms. The molecule has 1 atom stereocenters. The number of rotatable bonds is 9. The zero-order chi connectivity index (χ0) is 51.5. The molecule has 4 amide bonds. The van der Waals surface area contributed by atoms with Crippen molar-refractivity contribution in [2.45, 2.75) is 56.1 Å². The summed E-state index contributed by atoms with van der Waals surface area (Å²) >= 11 is 3.36. The number of fused-ring (bicyclic) bond motifs is 2. The largest absolute Gasteiger partial charge is 0.336 e. The van der Waals surface area contributed by atoms with Crippen LogP contribution in [0.3, 0.4) is 0 Å². The highest BCUT2D eigenvalue weighted by Crippen LogP contribution is 2.30. The quantitative estimate of drug-likeness (QED) is 0.145. The van der Waals surface area contributed by atoms with Crippen LogP contribution in [0.4, 0.5) is 0 Å². The fraction of sp³-hybridized carbons (Fsp3) is 0.365. The number of halogens is 1. The number of aryl methyl sites for hydroxylation is 1. The number of piperazine rings is 2. The van der Waals surface area contributed by atoms with Crippen LogP contribution in [0.25, 0.3) is 0 Å². The van der Waals surface area contributed by atoms with Crippen molar-refractivity contribution in [2.75, 3.05) is 85.1 Å². The number of benzene rings is 6. The van der Waals surface area contributed by atoms with Gasteiger partial charge in [-0.15, -0.1) is 0 Å². The first-order chi connectivity index (χ1) is 36.8. The van der Waals surface area contributed by atoms with Crippen LogP contribution in [0, 0.1) is 5.92 Å². The van der Waals surface area contributed by atoms with Gasteiger partial charge in [-0.1, -0.05) is 125 Å². The molecule has 1 aliphatic carbocycles. The summed E-state index contributed by atoms with van der Waals surface area (Å²) in [6, 6.07) is 53.4. The van der Waals surface area contributed by atoms with Gasteiger partial charge < -0.3 is 24.9 Å². The summed E-state index contributed by atoms with van der Waals surface area (Å²) < 4.78 is 0. The first-order valence-electron chi connectivity index (χ1n) is 27.1. The number of hydrogen-bond acceptors (Lipinski definition) is 7. The lowest BCUT2D eigenvalue weighted by Crippen LogP contribution is -2.64. The van der Waals surface area contributed by atoms with Crippen molar-refractivity contribution in [3.8, 4) is 0 Å². The number of amides is 4. The Balaban J connectivity index is 0.000000151. The van der Waals surface area contributed by atoms with E-state index in [0.29, 0.717) is 18.0 Å². The minimum Gasteiger partial charge on any atom is -0.336 e. The lowest BCUT2D eigenvalue weighted by atomic mass is 9.80. The molecule has 0 saturated carbocycles. The molecule has 12 rings (SSSR count). The Kier molecular flexibility index (Phi) is 17.3. The highest BCUT2D eigenvalue weighted by molar-refractivity contribution is 9.08. The minimum absolute atomic E-state index is 0.114. The van der Waals surface area contributed by atoms with Crippen LogP contribution >= 0.6 is 15.9 Å². The number of hydrogen-bond donors (Lipinski definition) is 1. The monoisotopic (exact) mass is 1070 g/mol. The Morgan fingerprint density at radius 3 is 1.33 bits per heavy atom. The first-order valence-corrected chi connectivity index (χ1v) is 28.2. The van der Waals surface area contributed by atoms with Gasteiger partial charge in [0.2, 0.25) is 0 Å². The van der Waals surface area contributed by atoms with Crippen LogP contribution in [-0.2, 0) is 37.6 Å². The zero-order valence-electron chi connectivity index (χ0n) is 43.1. The second-order valence-electron chi connectivity index (χ2n) is 20.9. The molecule has 6 aromatic carbocycles. The summed E-state index contributed by atoms with van der Waals surface area (Å²) in [5.41, 5.74) is 11.3. The van der Waals surface area contributed by atoms with Crippen LogP contribution in [0.1, 0.15) is 81.2 Å². The van der Waals surface area contributed by atoms with Crippen molar-refractivity contribution in [3.05, 3.63) is 213 Å². The predicted molar refractivity (Wildman–Crippen MR) is 300 cm³/mol. The zero-order valence-corrected chi connectivity index (χ0v) is 44.7. The maximum atomic E-state index is 13.2. The van der Waals surface area contributed by atoms with Crippen molar-refractivity contribution in [1.29, 1.82) is 0 Å². The SMILES string of the molecule is BrCc1ccccc1.O=C(c1ccccc1)N1CCN(C2CN(C(=O)c3ccc4c(c3)CCC(Cc3ccccc3)C4)C2)CC1.O=C(c1ccccc1)N1CCN(C2CN(C(=O)c3ccc4c(c3)CCNC4)C2)CC1. The number of nitrogens with zero attached hydrogens (tertiary/aromatic N) is 6. The van der Waals surface area contributed by atoms with Gasteiger partial charge in [0.15, 0.2) is 0 Å². The van der Waals surface area contributed by atoms with E-state index in [9.17, 15) is 19.2 Å². The van der Waals surface area contributed by atoms with Crippen LogP contribution in [0.2, 0.25) is 0 Å². The van der Waals surface area contributed by atoms with Gasteiger partial charge in [-0.25, -0.2) is 0 Å². The van der Waals surface area contributed by atoms with Gasteiger partial charge in [0, 0.05) is 125 Å². The molecule has 5 heterocycles. The first kappa shape index (κ1) is 52.0. The van der Waals surface area contributed by atoms with E-state index in [-0.39, 0.29) is 23.6 Å². The van der Waals surface area contributed by atoms with Gasteiger partial charge in [-0.05, 0) is 126 Å². The van der Waals surface area contributed by atoms with Gasteiger partial charge in [0.1, 0.15) is 0 Å². The number of carbonyl (C=O) groups excluding carboxylic acids is 4. The van der Waals surface area contributed by atoms with E-state index in [1.807, 2.05) is 111 Å². The third kappa shape index (κ3) is 13.0. The second-order valence-corrected chi connectivity index (χ2v) is 21.5. The van der Waals surface area contributed by atoms with Crippen LogP contribution in [-0.4, -0.2) is 150 Å².